The predicted molar refractivity (Wildman–Crippen MR) is 155 cm³/mol. The van der Waals surface area contributed by atoms with Crippen molar-refractivity contribution in [2.45, 2.75) is 45.2 Å². The number of hydrogen-bond acceptors (Lipinski definition) is 6. The fourth-order valence-electron chi connectivity index (χ4n) is 4.49. The van der Waals surface area contributed by atoms with Crippen LogP contribution in [0, 0.1) is 0 Å². The van der Waals surface area contributed by atoms with Crippen molar-refractivity contribution in [2.24, 2.45) is 10.7 Å². The molecule has 3 aromatic rings. The van der Waals surface area contributed by atoms with Gasteiger partial charge in [0.05, 0.1) is 6.61 Å². The maximum atomic E-state index is 12.5. The van der Waals surface area contributed by atoms with Crippen LogP contribution in [-0.4, -0.2) is 47.8 Å². The second-order valence-corrected chi connectivity index (χ2v) is 9.75. The molecule has 0 aliphatic carbocycles. The molecule has 8 nitrogen and oxygen atoms in total. The Morgan fingerprint density at radius 1 is 0.949 bits per heavy atom. The molecule has 0 spiro atoms. The Morgan fingerprint density at radius 2 is 1.67 bits per heavy atom. The highest BCUT2D eigenvalue weighted by Gasteiger charge is 2.22. The molecular weight excluding hydrogens is 490 g/mol. The summed E-state index contributed by atoms with van der Waals surface area (Å²) in [5.41, 5.74) is 9.78. The summed E-state index contributed by atoms with van der Waals surface area (Å²) in [6.07, 6.45) is 4.28. The lowest BCUT2D eigenvalue weighted by atomic mass is 10.1. The number of nitrogens with two attached hydrogens (primary N) is 1. The van der Waals surface area contributed by atoms with Gasteiger partial charge >= 0.3 is 0 Å². The van der Waals surface area contributed by atoms with Crippen LogP contribution in [-0.2, 0) is 22.7 Å². The number of fused-ring (bicyclic) bond motifs is 1. The summed E-state index contributed by atoms with van der Waals surface area (Å²) < 4.78 is 6.04. The second kappa shape index (κ2) is 14.0. The highest BCUT2D eigenvalue weighted by molar-refractivity contribution is 5.95. The number of nitrogens with one attached hydrogen (secondary N) is 1. The highest BCUT2D eigenvalue weighted by Crippen LogP contribution is 2.35. The van der Waals surface area contributed by atoms with E-state index in [1.807, 2.05) is 85.9 Å². The van der Waals surface area contributed by atoms with Crippen LogP contribution in [0.5, 0.6) is 5.75 Å². The number of ether oxygens (including phenoxy) is 1. The molecule has 2 amide bonds. The number of carbonyl (C=O) groups is 2. The zero-order valence-corrected chi connectivity index (χ0v) is 22.5. The molecule has 4 rings (SSSR count). The first kappa shape index (κ1) is 27.7. The third-order valence-corrected chi connectivity index (χ3v) is 6.62. The van der Waals surface area contributed by atoms with E-state index in [9.17, 15) is 9.59 Å². The number of carbonyl (C=O) groups excluding carboxylic acids is 2. The van der Waals surface area contributed by atoms with E-state index in [1.165, 1.54) is 0 Å². The number of unbranched alkanes of at least 4 members (excludes halogenated alkanes) is 3. The summed E-state index contributed by atoms with van der Waals surface area (Å²) in [5, 5.41) is 2.88. The van der Waals surface area contributed by atoms with Crippen LogP contribution in [0.15, 0.2) is 83.9 Å². The number of benzene rings is 3. The largest absolute Gasteiger partial charge is 0.491 e. The van der Waals surface area contributed by atoms with Gasteiger partial charge in [-0.25, -0.2) is 4.99 Å². The summed E-state index contributed by atoms with van der Waals surface area (Å²) in [5.74, 6) is 1.01. The fraction of sp³-hybridized carbons (Fsp3) is 0.323. The molecule has 39 heavy (non-hydrogen) atoms. The van der Waals surface area contributed by atoms with Crippen molar-refractivity contribution in [1.29, 1.82) is 0 Å². The lowest BCUT2D eigenvalue weighted by Gasteiger charge is -2.28. The van der Waals surface area contributed by atoms with Crippen LogP contribution in [0.3, 0.4) is 0 Å². The Hall–Kier alpha value is -4.33. The van der Waals surface area contributed by atoms with Gasteiger partial charge in [-0.05, 0) is 36.6 Å². The normalized spacial score (nSPS) is 12.3. The number of nitrogens with zero attached hydrogens (tertiary/aromatic N) is 3. The van der Waals surface area contributed by atoms with E-state index >= 15 is 0 Å². The number of para-hydroxylation sites is 2. The first-order chi connectivity index (χ1) is 19.0. The molecule has 0 unspecified atom stereocenters. The maximum absolute atomic E-state index is 12.5. The van der Waals surface area contributed by atoms with Crippen molar-refractivity contribution in [1.82, 2.24) is 9.80 Å². The Morgan fingerprint density at radius 3 is 2.44 bits per heavy atom. The SMILES string of the molecule is CN(Cc1ccccc1)C(=O)CCCCCCOc1cccc2c1N=C(N)N(CC(=O)Nc1ccccc1)C2. The Labute approximate surface area is 230 Å². The van der Waals surface area contributed by atoms with Gasteiger partial charge in [0.15, 0.2) is 5.96 Å². The lowest BCUT2D eigenvalue weighted by molar-refractivity contribution is -0.130. The van der Waals surface area contributed by atoms with Crippen LogP contribution in [0.1, 0.15) is 43.2 Å². The van der Waals surface area contributed by atoms with Gasteiger partial charge < -0.3 is 25.6 Å². The standard InChI is InChI=1S/C31H37N5O3/c1-35(21-24-13-6-4-7-14-24)29(38)19-10-2-3-11-20-39-27-18-12-15-25-22-36(31(32)34-30(25)27)23-28(37)33-26-16-8-5-9-17-26/h4-9,12-18H,2-3,10-11,19-23H2,1H3,(H2,32,34)(H,33,37). The molecule has 0 bridgehead atoms. The minimum absolute atomic E-state index is 0.110. The van der Waals surface area contributed by atoms with E-state index in [1.54, 1.807) is 9.80 Å². The first-order valence-electron chi connectivity index (χ1n) is 13.5. The zero-order chi connectivity index (χ0) is 27.5. The van der Waals surface area contributed by atoms with Crippen molar-refractivity contribution >= 4 is 29.1 Å². The summed E-state index contributed by atoms with van der Waals surface area (Å²) >= 11 is 0. The third kappa shape index (κ3) is 8.33. The van der Waals surface area contributed by atoms with Gasteiger partial charge in [-0.1, -0.05) is 73.5 Å². The summed E-state index contributed by atoms with van der Waals surface area (Å²) in [6.45, 7) is 1.80. The van der Waals surface area contributed by atoms with Gasteiger partial charge in [0.25, 0.3) is 0 Å². The van der Waals surface area contributed by atoms with E-state index in [4.69, 9.17) is 10.5 Å². The summed E-state index contributed by atoms with van der Waals surface area (Å²) in [6, 6.07) is 25.2. The molecule has 3 N–H and O–H groups in total. The van der Waals surface area contributed by atoms with Gasteiger partial charge in [-0.2, -0.15) is 0 Å². The van der Waals surface area contributed by atoms with Crippen molar-refractivity contribution in [3.8, 4) is 5.75 Å². The lowest BCUT2D eigenvalue weighted by Crippen LogP contribution is -2.43. The van der Waals surface area contributed by atoms with E-state index < -0.39 is 0 Å². The van der Waals surface area contributed by atoms with E-state index in [0.717, 1.165) is 48.2 Å². The molecule has 204 valence electrons. The summed E-state index contributed by atoms with van der Waals surface area (Å²) in [7, 11) is 1.86. The topological polar surface area (TPSA) is 100 Å². The average molecular weight is 528 g/mol. The molecule has 1 heterocycles. The first-order valence-corrected chi connectivity index (χ1v) is 13.5. The van der Waals surface area contributed by atoms with Crippen molar-refractivity contribution < 1.29 is 14.3 Å². The minimum Gasteiger partial charge on any atom is -0.491 e. The Balaban J connectivity index is 1.17. The smallest absolute Gasteiger partial charge is 0.244 e. The minimum atomic E-state index is -0.153. The van der Waals surface area contributed by atoms with Crippen LogP contribution < -0.4 is 15.8 Å². The molecule has 8 heteroatoms. The van der Waals surface area contributed by atoms with Crippen LogP contribution in [0.25, 0.3) is 0 Å². The number of anilines is 1. The monoisotopic (exact) mass is 527 g/mol. The fourth-order valence-corrected chi connectivity index (χ4v) is 4.49. The summed E-state index contributed by atoms with van der Waals surface area (Å²) in [4.78, 5) is 33.0. The van der Waals surface area contributed by atoms with Crippen molar-refractivity contribution in [2.75, 3.05) is 25.5 Å². The molecule has 1 aliphatic heterocycles. The third-order valence-electron chi connectivity index (χ3n) is 6.62. The highest BCUT2D eigenvalue weighted by atomic mass is 16.5. The van der Waals surface area contributed by atoms with Crippen molar-refractivity contribution in [3.63, 3.8) is 0 Å². The predicted octanol–water partition coefficient (Wildman–Crippen LogP) is 5.08. The number of guanidine groups is 1. The zero-order valence-electron chi connectivity index (χ0n) is 22.5. The molecule has 0 radical (unpaired) electrons. The molecule has 0 atom stereocenters. The van der Waals surface area contributed by atoms with Gasteiger partial charge in [-0.15, -0.1) is 0 Å². The van der Waals surface area contributed by atoms with E-state index in [2.05, 4.69) is 10.3 Å². The molecule has 0 saturated carbocycles. The molecular formula is C31H37N5O3. The van der Waals surface area contributed by atoms with Gasteiger partial charge in [0.2, 0.25) is 11.8 Å². The van der Waals surface area contributed by atoms with Crippen molar-refractivity contribution in [3.05, 3.63) is 90.0 Å². The second-order valence-electron chi connectivity index (χ2n) is 9.75. The van der Waals surface area contributed by atoms with Crippen LogP contribution in [0.2, 0.25) is 0 Å². The molecule has 1 aliphatic rings. The number of aliphatic imine (C=N–C) groups is 1. The van der Waals surface area contributed by atoms with Gasteiger partial charge in [-0.3, -0.25) is 9.59 Å². The quantitative estimate of drug-likeness (QED) is 0.302. The van der Waals surface area contributed by atoms with Crippen LogP contribution in [0.4, 0.5) is 11.4 Å². The average Bonchev–Trinajstić information content (AvgIpc) is 2.94. The van der Waals surface area contributed by atoms with Gasteiger partial charge in [0.1, 0.15) is 18.0 Å². The Kier molecular flexibility index (Phi) is 9.94. The number of rotatable bonds is 13. The molecule has 0 saturated heterocycles. The van der Waals surface area contributed by atoms with E-state index in [-0.39, 0.29) is 18.4 Å². The molecule has 0 aromatic heterocycles. The molecule has 0 fully saturated rings. The molecule has 3 aromatic carbocycles. The number of hydrogen-bond donors (Lipinski definition) is 2. The van der Waals surface area contributed by atoms with Crippen LogP contribution >= 0.6 is 0 Å². The van der Waals surface area contributed by atoms with Gasteiger partial charge in [0, 0.05) is 37.8 Å². The van der Waals surface area contributed by atoms with E-state index in [0.29, 0.717) is 37.8 Å². The Bertz CT molecular complexity index is 1260. The number of amides is 2. The maximum Gasteiger partial charge on any atom is 0.244 e.